The number of oxazole rings is 1. The number of anilines is 1. The lowest BCUT2D eigenvalue weighted by atomic mass is 10.1. The summed E-state index contributed by atoms with van der Waals surface area (Å²) in [5.41, 5.74) is 2.80. The number of aromatic nitrogens is 2. The highest BCUT2D eigenvalue weighted by molar-refractivity contribution is 7.13. The molecule has 0 saturated carbocycles. The molecule has 2 aromatic carbocycles. The zero-order chi connectivity index (χ0) is 21.8. The third kappa shape index (κ3) is 4.43. The Labute approximate surface area is 191 Å². The van der Waals surface area contributed by atoms with Gasteiger partial charge in [-0.25, -0.2) is 9.97 Å². The summed E-state index contributed by atoms with van der Waals surface area (Å²) in [6.45, 7) is 3.06. The number of carbonyl (C=O) groups excluding carboxylic acids is 1. The molecule has 1 saturated heterocycles. The van der Waals surface area contributed by atoms with Gasteiger partial charge in [-0.2, -0.15) is 0 Å². The third-order valence-corrected chi connectivity index (χ3v) is 6.46. The Morgan fingerprint density at radius 3 is 2.28 bits per heavy atom. The Hall–Kier alpha value is -3.45. The highest BCUT2D eigenvalue weighted by atomic mass is 32.1. The first-order valence-corrected chi connectivity index (χ1v) is 11.7. The largest absolute Gasteiger partial charge is 0.440 e. The lowest BCUT2D eigenvalue weighted by molar-refractivity contribution is -0.131. The van der Waals surface area contributed by atoms with Crippen LogP contribution in [0.25, 0.3) is 22.6 Å². The standard InChI is InChI=1S/C25H24N4O2S/c30-22(28-14-16-29(17-15-28)25-26-13-18-32-25)12-11-21-27-23(19-7-3-1-4-8-19)24(31-21)20-9-5-2-6-10-20/h1-10,13,18H,11-12,14-17H2. The van der Waals surface area contributed by atoms with Gasteiger partial charge in [0.05, 0.1) is 0 Å². The molecule has 0 aliphatic carbocycles. The summed E-state index contributed by atoms with van der Waals surface area (Å²) in [6, 6.07) is 20.0. The summed E-state index contributed by atoms with van der Waals surface area (Å²) in [7, 11) is 0. The monoisotopic (exact) mass is 444 g/mol. The second kappa shape index (κ2) is 9.36. The van der Waals surface area contributed by atoms with Crippen molar-refractivity contribution in [1.29, 1.82) is 0 Å². The summed E-state index contributed by atoms with van der Waals surface area (Å²) < 4.78 is 6.16. The van der Waals surface area contributed by atoms with Gasteiger partial charge in [0.15, 0.2) is 16.8 Å². The summed E-state index contributed by atoms with van der Waals surface area (Å²) in [5.74, 6) is 1.48. The van der Waals surface area contributed by atoms with Crippen LogP contribution in [0.2, 0.25) is 0 Å². The molecule has 162 valence electrons. The highest BCUT2D eigenvalue weighted by Crippen LogP contribution is 2.33. The van der Waals surface area contributed by atoms with Gasteiger partial charge >= 0.3 is 0 Å². The normalized spacial score (nSPS) is 14.0. The molecule has 0 bridgehead atoms. The van der Waals surface area contributed by atoms with E-state index >= 15 is 0 Å². The van der Waals surface area contributed by atoms with E-state index < -0.39 is 0 Å². The van der Waals surface area contributed by atoms with Gasteiger partial charge in [-0.1, -0.05) is 60.7 Å². The number of piperazine rings is 1. The number of hydrogen-bond donors (Lipinski definition) is 0. The predicted octanol–water partition coefficient (Wildman–Crippen LogP) is 4.75. The van der Waals surface area contributed by atoms with Gasteiger partial charge in [0, 0.05) is 61.7 Å². The van der Waals surface area contributed by atoms with Crippen LogP contribution in [-0.4, -0.2) is 47.0 Å². The second-order valence-electron chi connectivity index (χ2n) is 7.70. The molecule has 3 heterocycles. The van der Waals surface area contributed by atoms with E-state index in [1.807, 2.05) is 77.1 Å². The van der Waals surface area contributed by atoms with Crippen molar-refractivity contribution in [3.8, 4) is 22.6 Å². The first-order chi connectivity index (χ1) is 15.8. The maximum Gasteiger partial charge on any atom is 0.223 e. The highest BCUT2D eigenvalue weighted by Gasteiger charge is 2.23. The van der Waals surface area contributed by atoms with Crippen molar-refractivity contribution in [1.82, 2.24) is 14.9 Å². The summed E-state index contributed by atoms with van der Waals surface area (Å²) >= 11 is 1.64. The number of nitrogens with zero attached hydrogens (tertiary/aromatic N) is 4. The van der Waals surface area contributed by atoms with E-state index in [4.69, 9.17) is 9.40 Å². The van der Waals surface area contributed by atoms with E-state index in [9.17, 15) is 4.79 Å². The zero-order valence-electron chi connectivity index (χ0n) is 17.7. The summed E-state index contributed by atoms with van der Waals surface area (Å²) in [5, 5.41) is 3.01. The minimum Gasteiger partial charge on any atom is -0.440 e. The molecular weight excluding hydrogens is 420 g/mol. The van der Waals surface area contributed by atoms with E-state index in [2.05, 4.69) is 9.88 Å². The van der Waals surface area contributed by atoms with Gasteiger partial charge in [0.2, 0.25) is 5.91 Å². The van der Waals surface area contributed by atoms with E-state index in [0.29, 0.717) is 31.8 Å². The minimum atomic E-state index is 0.143. The second-order valence-corrected chi connectivity index (χ2v) is 8.57. The molecular formula is C25H24N4O2S. The molecule has 1 aliphatic rings. The van der Waals surface area contributed by atoms with Crippen LogP contribution in [0.15, 0.2) is 76.7 Å². The number of benzene rings is 2. The van der Waals surface area contributed by atoms with Crippen molar-refractivity contribution in [3.63, 3.8) is 0 Å². The Morgan fingerprint density at radius 1 is 0.938 bits per heavy atom. The Bertz CT molecular complexity index is 1090. The number of aryl methyl sites for hydroxylation is 1. The first-order valence-electron chi connectivity index (χ1n) is 10.8. The number of hydrogen-bond acceptors (Lipinski definition) is 6. The molecule has 0 unspecified atom stereocenters. The molecule has 5 rings (SSSR count). The third-order valence-electron chi connectivity index (χ3n) is 5.63. The van der Waals surface area contributed by atoms with Crippen molar-refractivity contribution in [2.75, 3.05) is 31.1 Å². The van der Waals surface area contributed by atoms with Crippen LogP contribution in [0, 0.1) is 0 Å². The number of rotatable bonds is 6. The maximum atomic E-state index is 12.8. The van der Waals surface area contributed by atoms with Crippen LogP contribution in [0.5, 0.6) is 0 Å². The van der Waals surface area contributed by atoms with Crippen LogP contribution < -0.4 is 4.90 Å². The molecule has 0 atom stereocenters. The lowest BCUT2D eigenvalue weighted by Crippen LogP contribution is -2.48. The number of amides is 1. The van der Waals surface area contributed by atoms with E-state index in [1.54, 1.807) is 11.3 Å². The zero-order valence-corrected chi connectivity index (χ0v) is 18.5. The lowest BCUT2D eigenvalue weighted by Gasteiger charge is -2.34. The summed E-state index contributed by atoms with van der Waals surface area (Å²) in [4.78, 5) is 26.1. The van der Waals surface area contributed by atoms with Gasteiger partial charge in [0.1, 0.15) is 5.69 Å². The fourth-order valence-corrected chi connectivity index (χ4v) is 4.64. The number of thiazole rings is 1. The molecule has 1 fully saturated rings. The Morgan fingerprint density at radius 2 is 1.62 bits per heavy atom. The molecule has 32 heavy (non-hydrogen) atoms. The molecule has 0 spiro atoms. The van der Waals surface area contributed by atoms with Crippen LogP contribution in [0.3, 0.4) is 0 Å². The molecule has 1 aliphatic heterocycles. The molecule has 2 aromatic heterocycles. The molecule has 6 nitrogen and oxygen atoms in total. The van der Waals surface area contributed by atoms with Crippen molar-refractivity contribution in [3.05, 3.63) is 78.1 Å². The minimum absolute atomic E-state index is 0.143. The summed E-state index contributed by atoms with van der Waals surface area (Å²) in [6.07, 6.45) is 2.69. The molecule has 7 heteroatoms. The van der Waals surface area contributed by atoms with E-state index in [0.717, 1.165) is 40.8 Å². The Kier molecular flexibility index (Phi) is 5.98. The fraction of sp³-hybridized carbons (Fsp3) is 0.240. The molecule has 0 N–H and O–H groups in total. The van der Waals surface area contributed by atoms with Crippen molar-refractivity contribution in [2.45, 2.75) is 12.8 Å². The van der Waals surface area contributed by atoms with Gasteiger partial charge in [0.25, 0.3) is 0 Å². The van der Waals surface area contributed by atoms with E-state index in [-0.39, 0.29) is 5.91 Å². The van der Waals surface area contributed by atoms with Crippen LogP contribution >= 0.6 is 11.3 Å². The van der Waals surface area contributed by atoms with Gasteiger partial charge in [-0.15, -0.1) is 11.3 Å². The van der Waals surface area contributed by atoms with Crippen molar-refractivity contribution in [2.24, 2.45) is 0 Å². The average Bonchev–Trinajstić information content (AvgIpc) is 3.54. The maximum absolute atomic E-state index is 12.8. The molecule has 1 amide bonds. The van der Waals surface area contributed by atoms with Crippen LogP contribution in [0.4, 0.5) is 5.13 Å². The van der Waals surface area contributed by atoms with Crippen LogP contribution in [-0.2, 0) is 11.2 Å². The quantitative estimate of drug-likeness (QED) is 0.430. The molecule has 0 radical (unpaired) electrons. The van der Waals surface area contributed by atoms with Gasteiger partial charge in [-0.3, -0.25) is 4.79 Å². The van der Waals surface area contributed by atoms with E-state index in [1.165, 1.54) is 0 Å². The van der Waals surface area contributed by atoms with Gasteiger partial charge < -0.3 is 14.2 Å². The van der Waals surface area contributed by atoms with Crippen LogP contribution in [0.1, 0.15) is 12.3 Å². The first kappa shape index (κ1) is 20.5. The van der Waals surface area contributed by atoms with Crippen molar-refractivity contribution >= 4 is 22.4 Å². The molecule has 4 aromatic rings. The average molecular weight is 445 g/mol. The smallest absolute Gasteiger partial charge is 0.223 e. The fourth-order valence-electron chi connectivity index (χ4n) is 3.94. The van der Waals surface area contributed by atoms with Gasteiger partial charge in [-0.05, 0) is 0 Å². The number of carbonyl (C=O) groups is 1. The SMILES string of the molecule is O=C(CCc1nc(-c2ccccc2)c(-c2ccccc2)o1)N1CCN(c2nccs2)CC1. The topological polar surface area (TPSA) is 62.5 Å². The predicted molar refractivity (Wildman–Crippen MR) is 127 cm³/mol. The Balaban J connectivity index is 1.27. The van der Waals surface area contributed by atoms with Crippen molar-refractivity contribution < 1.29 is 9.21 Å².